The SMILES string of the molecule is CCN(c1ccc(F)c(-c2cccnc2)c1F)C1OC(=O)CC(=O)O1. The second-order valence-corrected chi connectivity index (χ2v) is 5.25. The van der Waals surface area contributed by atoms with Crippen molar-refractivity contribution in [2.24, 2.45) is 0 Å². The Balaban J connectivity index is 2.04. The number of anilines is 1. The molecular weight excluding hydrogens is 334 g/mol. The Hall–Kier alpha value is -3.03. The van der Waals surface area contributed by atoms with E-state index in [9.17, 15) is 14.0 Å². The summed E-state index contributed by atoms with van der Waals surface area (Å²) in [7, 11) is 0. The zero-order valence-corrected chi connectivity index (χ0v) is 13.2. The van der Waals surface area contributed by atoms with Crippen molar-refractivity contribution in [2.45, 2.75) is 19.8 Å². The molecule has 2 aromatic rings. The van der Waals surface area contributed by atoms with Gasteiger partial charge in [-0.1, -0.05) is 6.07 Å². The van der Waals surface area contributed by atoms with Crippen LogP contribution in [0, 0.1) is 11.6 Å². The van der Waals surface area contributed by atoms with Crippen LogP contribution in [0.25, 0.3) is 11.1 Å². The topological polar surface area (TPSA) is 68.7 Å². The fraction of sp³-hybridized carbons (Fsp3) is 0.235. The van der Waals surface area contributed by atoms with Gasteiger partial charge in [0.2, 0.25) is 0 Å². The Labute approximate surface area is 142 Å². The summed E-state index contributed by atoms with van der Waals surface area (Å²) >= 11 is 0. The molecule has 0 radical (unpaired) electrons. The van der Waals surface area contributed by atoms with E-state index in [4.69, 9.17) is 9.47 Å². The van der Waals surface area contributed by atoms with Crippen LogP contribution in [0.5, 0.6) is 0 Å². The first-order chi connectivity index (χ1) is 12.0. The molecule has 2 heterocycles. The molecule has 0 spiro atoms. The first kappa shape index (κ1) is 16.8. The fourth-order valence-corrected chi connectivity index (χ4v) is 2.55. The number of rotatable bonds is 4. The Kier molecular flexibility index (Phi) is 4.60. The molecule has 1 fully saturated rings. The molecule has 1 aliphatic rings. The van der Waals surface area contributed by atoms with Crippen molar-refractivity contribution >= 4 is 17.6 Å². The Bertz CT molecular complexity index is 798. The zero-order valence-electron chi connectivity index (χ0n) is 13.2. The maximum Gasteiger partial charge on any atom is 0.332 e. The van der Waals surface area contributed by atoms with E-state index >= 15 is 4.39 Å². The second kappa shape index (κ2) is 6.84. The predicted octanol–water partition coefficient (Wildman–Crippen LogP) is 2.63. The van der Waals surface area contributed by atoms with Gasteiger partial charge in [-0.2, -0.15) is 0 Å². The highest BCUT2D eigenvalue weighted by Crippen LogP contribution is 2.33. The van der Waals surface area contributed by atoms with E-state index in [0.717, 1.165) is 6.07 Å². The van der Waals surface area contributed by atoms with Crippen LogP contribution >= 0.6 is 0 Å². The van der Waals surface area contributed by atoms with Gasteiger partial charge in [0, 0.05) is 24.5 Å². The van der Waals surface area contributed by atoms with E-state index in [0.29, 0.717) is 0 Å². The van der Waals surface area contributed by atoms with Gasteiger partial charge in [-0.05, 0) is 25.1 Å². The number of ether oxygens (including phenoxy) is 2. The molecule has 25 heavy (non-hydrogen) atoms. The van der Waals surface area contributed by atoms with Crippen LogP contribution in [-0.2, 0) is 19.1 Å². The minimum atomic E-state index is -1.40. The normalized spacial score (nSPS) is 14.8. The lowest BCUT2D eigenvalue weighted by atomic mass is 10.0. The number of carbonyl (C=O) groups is 2. The van der Waals surface area contributed by atoms with Crippen LogP contribution in [0.2, 0.25) is 0 Å². The molecule has 0 saturated carbocycles. The van der Waals surface area contributed by atoms with Crippen molar-refractivity contribution in [1.29, 1.82) is 0 Å². The van der Waals surface area contributed by atoms with Gasteiger partial charge in [0.15, 0.2) is 5.82 Å². The van der Waals surface area contributed by atoms with Gasteiger partial charge in [-0.25, -0.2) is 8.78 Å². The van der Waals surface area contributed by atoms with Crippen LogP contribution in [-0.4, -0.2) is 29.9 Å². The highest BCUT2D eigenvalue weighted by atomic mass is 19.1. The molecule has 0 atom stereocenters. The predicted molar refractivity (Wildman–Crippen MR) is 83.2 cm³/mol. The zero-order chi connectivity index (χ0) is 18.0. The molecular formula is C17H14F2N2O4. The number of carbonyl (C=O) groups excluding carboxylic acids is 2. The molecule has 1 aromatic carbocycles. The third kappa shape index (κ3) is 3.28. The maximum absolute atomic E-state index is 15.0. The molecule has 8 heteroatoms. The minimum absolute atomic E-state index is 0.0600. The maximum atomic E-state index is 15.0. The molecule has 0 N–H and O–H groups in total. The van der Waals surface area contributed by atoms with Crippen LogP contribution < -0.4 is 4.90 Å². The van der Waals surface area contributed by atoms with E-state index < -0.39 is 36.4 Å². The fourth-order valence-electron chi connectivity index (χ4n) is 2.55. The average Bonchev–Trinajstić information content (AvgIpc) is 2.58. The van der Waals surface area contributed by atoms with Crippen LogP contribution in [0.4, 0.5) is 14.5 Å². The van der Waals surface area contributed by atoms with Crippen molar-refractivity contribution in [3.8, 4) is 11.1 Å². The van der Waals surface area contributed by atoms with Crippen LogP contribution in [0.3, 0.4) is 0 Å². The van der Waals surface area contributed by atoms with E-state index in [1.54, 1.807) is 13.0 Å². The molecule has 0 bridgehead atoms. The number of esters is 2. The van der Waals surface area contributed by atoms with Crippen molar-refractivity contribution in [2.75, 3.05) is 11.4 Å². The highest BCUT2D eigenvalue weighted by Gasteiger charge is 2.34. The summed E-state index contributed by atoms with van der Waals surface area (Å²) < 4.78 is 39.1. The third-order valence-electron chi connectivity index (χ3n) is 3.68. The standard InChI is InChI=1S/C17H14F2N2O4/c1-2-21(17-24-13(22)8-14(23)25-17)12-6-5-11(18)15(16(12)19)10-4-3-7-20-9-10/h3-7,9,17H,2,8H2,1H3. The van der Waals surface area contributed by atoms with E-state index in [1.807, 2.05) is 0 Å². The summed E-state index contributed by atoms with van der Waals surface area (Å²) in [6.45, 7) is 1.81. The molecule has 1 aliphatic heterocycles. The summed E-state index contributed by atoms with van der Waals surface area (Å²) in [5.74, 6) is -3.17. The van der Waals surface area contributed by atoms with Gasteiger partial charge in [-0.15, -0.1) is 0 Å². The van der Waals surface area contributed by atoms with Crippen molar-refractivity contribution in [1.82, 2.24) is 4.98 Å². The molecule has 3 rings (SSSR count). The Morgan fingerprint density at radius 2 is 1.92 bits per heavy atom. The van der Waals surface area contributed by atoms with Crippen molar-refractivity contribution in [3.05, 3.63) is 48.3 Å². The summed E-state index contributed by atoms with van der Waals surface area (Å²) in [5.41, 5.74) is -0.0687. The lowest BCUT2D eigenvalue weighted by Crippen LogP contribution is -2.46. The molecule has 1 aromatic heterocycles. The highest BCUT2D eigenvalue weighted by molar-refractivity contribution is 5.93. The second-order valence-electron chi connectivity index (χ2n) is 5.25. The number of hydrogen-bond acceptors (Lipinski definition) is 6. The van der Waals surface area contributed by atoms with Gasteiger partial charge in [-0.3, -0.25) is 14.6 Å². The van der Waals surface area contributed by atoms with E-state index in [1.165, 1.54) is 29.4 Å². The summed E-state index contributed by atoms with van der Waals surface area (Å²) in [4.78, 5) is 28.0. The van der Waals surface area contributed by atoms with Gasteiger partial charge >= 0.3 is 18.4 Å². The van der Waals surface area contributed by atoms with Crippen LogP contribution in [0.1, 0.15) is 13.3 Å². The van der Waals surface area contributed by atoms with Gasteiger partial charge in [0.25, 0.3) is 0 Å². The molecule has 0 amide bonds. The molecule has 0 aliphatic carbocycles. The number of benzene rings is 1. The van der Waals surface area contributed by atoms with E-state index in [-0.39, 0.29) is 23.4 Å². The quantitative estimate of drug-likeness (QED) is 0.625. The third-order valence-corrected chi connectivity index (χ3v) is 3.68. The summed E-state index contributed by atoms with van der Waals surface area (Å²) in [6, 6.07) is 5.37. The molecule has 0 unspecified atom stereocenters. The largest absolute Gasteiger partial charge is 0.405 e. The monoisotopic (exact) mass is 348 g/mol. The lowest BCUT2D eigenvalue weighted by molar-refractivity contribution is -0.202. The first-order valence-electron chi connectivity index (χ1n) is 7.55. The number of nitrogens with zero attached hydrogens (tertiary/aromatic N) is 2. The first-order valence-corrected chi connectivity index (χ1v) is 7.55. The number of halogens is 2. The minimum Gasteiger partial charge on any atom is -0.405 e. The number of cyclic esters (lactones) is 2. The smallest absolute Gasteiger partial charge is 0.332 e. The number of hydrogen-bond donors (Lipinski definition) is 0. The molecule has 1 saturated heterocycles. The Morgan fingerprint density at radius 1 is 1.20 bits per heavy atom. The molecule has 130 valence electrons. The van der Waals surface area contributed by atoms with Crippen molar-refractivity contribution in [3.63, 3.8) is 0 Å². The summed E-state index contributed by atoms with van der Waals surface area (Å²) in [6.07, 6.45) is 0.923. The van der Waals surface area contributed by atoms with Gasteiger partial charge in [0.05, 0.1) is 11.3 Å². The van der Waals surface area contributed by atoms with Gasteiger partial charge < -0.3 is 14.4 Å². The molecule has 6 nitrogen and oxygen atoms in total. The average molecular weight is 348 g/mol. The summed E-state index contributed by atoms with van der Waals surface area (Å²) in [5, 5.41) is 0. The van der Waals surface area contributed by atoms with Gasteiger partial charge in [0.1, 0.15) is 12.2 Å². The Morgan fingerprint density at radius 3 is 2.52 bits per heavy atom. The number of aromatic nitrogens is 1. The number of pyridine rings is 1. The van der Waals surface area contributed by atoms with Crippen molar-refractivity contribution < 1.29 is 27.8 Å². The lowest BCUT2D eigenvalue weighted by Gasteiger charge is -2.33. The van der Waals surface area contributed by atoms with E-state index in [2.05, 4.69) is 4.98 Å². The van der Waals surface area contributed by atoms with Crippen LogP contribution in [0.15, 0.2) is 36.7 Å².